The molecule has 248 valence electrons. The molecule has 11 rings (SSSR count). The van der Waals surface area contributed by atoms with Crippen LogP contribution in [0.15, 0.2) is 192 Å². The van der Waals surface area contributed by atoms with Gasteiger partial charge in [0.1, 0.15) is 11.2 Å². The third-order valence-electron chi connectivity index (χ3n) is 10.7. The number of fused-ring (bicyclic) bond motifs is 9. The number of rotatable bonds is 5. The van der Waals surface area contributed by atoms with Gasteiger partial charge in [0.2, 0.25) is 0 Å². The maximum absolute atomic E-state index is 6.37. The second kappa shape index (κ2) is 11.9. The number of anilines is 3. The molecule has 0 atom stereocenters. The second-order valence-electron chi connectivity index (χ2n) is 13.7. The molecule has 0 saturated carbocycles. The molecule has 0 unspecified atom stereocenters. The van der Waals surface area contributed by atoms with E-state index in [1.807, 2.05) is 23.5 Å². The predicted octanol–water partition coefficient (Wildman–Crippen LogP) is 15.1. The largest absolute Gasteiger partial charge is 0.456 e. The quantitative estimate of drug-likeness (QED) is 0.178. The lowest BCUT2D eigenvalue weighted by Gasteiger charge is -2.26. The van der Waals surface area contributed by atoms with Crippen molar-refractivity contribution in [2.45, 2.75) is 0 Å². The minimum atomic E-state index is 0.876. The van der Waals surface area contributed by atoms with E-state index in [1.165, 1.54) is 64.0 Å². The van der Waals surface area contributed by atoms with Crippen LogP contribution in [0.1, 0.15) is 0 Å². The highest BCUT2D eigenvalue weighted by molar-refractivity contribution is 7.26. The SMILES string of the molecule is c1ccc2c(-c3ccc(N(c4ccc(-c5ccc6ccc7c8ccccc8sc7c6c5)cc4)c4cccc5oc6ccccc6c45)cc3)cccc2c1. The molecule has 53 heavy (non-hydrogen) atoms. The predicted molar refractivity (Wildman–Crippen MR) is 227 cm³/mol. The first-order chi connectivity index (χ1) is 26.3. The average molecular weight is 694 g/mol. The molecule has 0 saturated heterocycles. The van der Waals surface area contributed by atoms with E-state index in [4.69, 9.17) is 4.42 Å². The van der Waals surface area contributed by atoms with Crippen molar-refractivity contribution >= 4 is 92.1 Å². The molecule has 0 spiro atoms. The number of benzene rings is 9. The van der Waals surface area contributed by atoms with Gasteiger partial charge in [-0.3, -0.25) is 0 Å². The van der Waals surface area contributed by atoms with Crippen molar-refractivity contribution in [2.24, 2.45) is 0 Å². The number of hydrogen-bond donors (Lipinski definition) is 0. The van der Waals surface area contributed by atoms with Crippen molar-refractivity contribution in [3.63, 3.8) is 0 Å². The minimum Gasteiger partial charge on any atom is -0.456 e. The highest BCUT2D eigenvalue weighted by Crippen LogP contribution is 2.44. The molecule has 0 aliphatic heterocycles. The third-order valence-corrected chi connectivity index (χ3v) is 11.9. The maximum atomic E-state index is 6.37. The van der Waals surface area contributed by atoms with Gasteiger partial charge in [0, 0.05) is 42.3 Å². The molecular weight excluding hydrogens is 663 g/mol. The minimum absolute atomic E-state index is 0.876. The van der Waals surface area contributed by atoms with E-state index < -0.39 is 0 Å². The summed E-state index contributed by atoms with van der Waals surface area (Å²) in [6.45, 7) is 0. The van der Waals surface area contributed by atoms with Gasteiger partial charge in [0.15, 0.2) is 0 Å². The van der Waals surface area contributed by atoms with E-state index in [0.29, 0.717) is 0 Å². The van der Waals surface area contributed by atoms with Gasteiger partial charge in [0.25, 0.3) is 0 Å². The fraction of sp³-hybridized carbons (Fsp3) is 0. The first-order valence-corrected chi connectivity index (χ1v) is 18.8. The Labute approximate surface area is 310 Å². The summed E-state index contributed by atoms with van der Waals surface area (Å²) in [6, 6.07) is 67.9. The highest BCUT2D eigenvalue weighted by Gasteiger charge is 2.20. The fourth-order valence-electron chi connectivity index (χ4n) is 8.12. The molecule has 0 N–H and O–H groups in total. The Hall–Kier alpha value is -6.68. The zero-order valence-electron chi connectivity index (χ0n) is 28.7. The molecule has 0 aliphatic carbocycles. The molecule has 0 fully saturated rings. The average Bonchev–Trinajstić information content (AvgIpc) is 3.81. The van der Waals surface area contributed by atoms with Crippen molar-refractivity contribution in [1.29, 1.82) is 0 Å². The van der Waals surface area contributed by atoms with Gasteiger partial charge in [0.05, 0.1) is 11.1 Å². The number of hydrogen-bond acceptors (Lipinski definition) is 3. The Morgan fingerprint density at radius 3 is 1.87 bits per heavy atom. The number of furan rings is 1. The van der Waals surface area contributed by atoms with Crippen LogP contribution in [0.3, 0.4) is 0 Å². The lowest BCUT2D eigenvalue weighted by atomic mass is 9.97. The van der Waals surface area contributed by atoms with Gasteiger partial charge < -0.3 is 9.32 Å². The van der Waals surface area contributed by atoms with E-state index >= 15 is 0 Å². The van der Waals surface area contributed by atoms with E-state index in [-0.39, 0.29) is 0 Å². The van der Waals surface area contributed by atoms with Crippen LogP contribution in [0.25, 0.3) is 85.9 Å². The first-order valence-electron chi connectivity index (χ1n) is 18.0. The van der Waals surface area contributed by atoms with Crippen LogP contribution in [0.2, 0.25) is 0 Å². The number of nitrogens with zero attached hydrogens (tertiary/aromatic N) is 1. The molecular formula is C50H31NOS. The molecule has 3 heteroatoms. The Kier molecular flexibility index (Phi) is 6.76. The monoisotopic (exact) mass is 693 g/mol. The molecule has 2 heterocycles. The summed E-state index contributed by atoms with van der Waals surface area (Å²) >= 11 is 1.88. The van der Waals surface area contributed by atoms with Crippen molar-refractivity contribution < 1.29 is 4.42 Å². The molecule has 0 amide bonds. The number of para-hydroxylation sites is 1. The van der Waals surface area contributed by atoms with E-state index in [2.05, 4.69) is 181 Å². The Morgan fingerprint density at radius 1 is 0.396 bits per heavy atom. The first kappa shape index (κ1) is 30.0. The number of thiophene rings is 1. The Morgan fingerprint density at radius 2 is 1.02 bits per heavy atom. The zero-order chi connectivity index (χ0) is 34.9. The summed E-state index contributed by atoms with van der Waals surface area (Å²) < 4.78 is 9.05. The summed E-state index contributed by atoms with van der Waals surface area (Å²) in [5.74, 6) is 0. The summed E-state index contributed by atoms with van der Waals surface area (Å²) in [4.78, 5) is 2.36. The van der Waals surface area contributed by atoms with Gasteiger partial charge >= 0.3 is 0 Å². The molecule has 9 aromatic carbocycles. The lowest BCUT2D eigenvalue weighted by Crippen LogP contribution is -2.10. The van der Waals surface area contributed by atoms with Crippen LogP contribution in [0, 0.1) is 0 Å². The smallest absolute Gasteiger partial charge is 0.137 e. The summed E-state index contributed by atoms with van der Waals surface area (Å²) in [6.07, 6.45) is 0. The summed E-state index contributed by atoms with van der Waals surface area (Å²) in [5, 5.41) is 9.94. The van der Waals surface area contributed by atoms with E-state index in [0.717, 1.165) is 39.0 Å². The van der Waals surface area contributed by atoms with Crippen molar-refractivity contribution in [1.82, 2.24) is 0 Å². The van der Waals surface area contributed by atoms with E-state index in [1.54, 1.807) is 0 Å². The van der Waals surface area contributed by atoms with Crippen molar-refractivity contribution in [3.05, 3.63) is 188 Å². The lowest BCUT2D eigenvalue weighted by molar-refractivity contribution is 0.669. The van der Waals surface area contributed by atoms with Crippen molar-refractivity contribution in [3.8, 4) is 22.3 Å². The molecule has 0 aliphatic rings. The Balaban J connectivity index is 1.05. The topological polar surface area (TPSA) is 16.4 Å². The van der Waals surface area contributed by atoms with Gasteiger partial charge in [-0.1, -0.05) is 133 Å². The van der Waals surface area contributed by atoms with Gasteiger partial charge in [-0.25, -0.2) is 0 Å². The van der Waals surface area contributed by atoms with Crippen LogP contribution in [0.4, 0.5) is 17.1 Å². The second-order valence-corrected chi connectivity index (χ2v) is 14.7. The van der Waals surface area contributed by atoms with Crippen LogP contribution < -0.4 is 4.90 Å². The fourth-order valence-corrected chi connectivity index (χ4v) is 9.35. The molecule has 0 radical (unpaired) electrons. The van der Waals surface area contributed by atoms with Crippen molar-refractivity contribution in [2.75, 3.05) is 4.90 Å². The molecule has 0 bridgehead atoms. The van der Waals surface area contributed by atoms with Gasteiger partial charge in [-0.15, -0.1) is 11.3 Å². The standard InChI is InChI=1S/C50H31NOS/c1-2-11-39-33(9-1)10-7-14-40(39)34-23-28-38(29-24-34)51(45-15-8-17-47-49(45)43-13-3-5-16-46(43)52-47)37-26-21-32(22-27-37)36-20-19-35-25-30-42-41-12-4-6-18-48(41)53-50(42)44(35)31-36/h1-31H. The van der Waals surface area contributed by atoms with Gasteiger partial charge in [-0.2, -0.15) is 0 Å². The molecule has 11 aromatic rings. The molecule has 2 aromatic heterocycles. The maximum Gasteiger partial charge on any atom is 0.137 e. The van der Waals surface area contributed by atoms with Gasteiger partial charge in [-0.05, 0) is 93.0 Å². The van der Waals surface area contributed by atoms with Crippen LogP contribution in [-0.2, 0) is 0 Å². The molecule has 2 nitrogen and oxygen atoms in total. The van der Waals surface area contributed by atoms with Crippen LogP contribution in [0.5, 0.6) is 0 Å². The normalized spacial score (nSPS) is 11.8. The third kappa shape index (κ3) is 4.86. The van der Waals surface area contributed by atoms with Crippen LogP contribution >= 0.6 is 11.3 Å². The van der Waals surface area contributed by atoms with Crippen LogP contribution in [-0.4, -0.2) is 0 Å². The zero-order valence-corrected chi connectivity index (χ0v) is 29.5. The highest BCUT2D eigenvalue weighted by atomic mass is 32.1. The summed E-state index contributed by atoms with van der Waals surface area (Å²) in [5.41, 5.74) is 9.83. The Bertz CT molecular complexity index is 3160. The van der Waals surface area contributed by atoms with E-state index in [9.17, 15) is 0 Å². The summed E-state index contributed by atoms with van der Waals surface area (Å²) in [7, 11) is 0.